The number of morpholine rings is 1. The van der Waals surface area contributed by atoms with Crippen molar-refractivity contribution in [3.05, 3.63) is 26.6 Å². The van der Waals surface area contributed by atoms with Crippen molar-refractivity contribution in [3.8, 4) is 5.75 Å². The Morgan fingerprint density at radius 1 is 1.38 bits per heavy atom. The van der Waals surface area contributed by atoms with Gasteiger partial charge >= 0.3 is 0 Å². The van der Waals surface area contributed by atoms with Crippen LogP contribution in [-0.2, 0) is 11.3 Å². The summed E-state index contributed by atoms with van der Waals surface area (Å²) in [7, 11) is 1.67. The first-order valence-corrected chi connectivity index (χ1v) is 8.79. The number of halogens is 2. The molecule has 0 aliphatic carbocycles. The summed E-state index contributed by atoms with van der Waals surface area (Å²) in [5, 5.41) is 3.47. The molecule has 6 heteroatoms. The van der Waals surface area contributed by atoms with Crippen LogP contribution >= 0.6 is 31.9 Å². The molecule has 1 aliphatic rings. The monoisotopic (exact) mass is 420 g/mol. The van der Waals surface area contributed by atoms with E-state index in [0.29, 0.717) is 0 Å². The third kappa shape index (κ3) is 4.93. The van der Waals surface area contributed by atoms with Gasteiger partial charge in [-0.25, -0.2) is 0 Å². The Labute approximate surface area is 143 Å². The molecule has 1 unspecified atom stereocenters. The van der Waals surface area contributed by atoms with E-state index in [1.54, 1.807) is 7.11 Å². The highest BCUT2D eigenvalue weighted by Crippen LogP contribution is 2.34. The zero-order valence-corrected chi connectivity index (χ0v) is 15.7. The Kier molecular flexibility index (Phi) is 6.95. The molecule has 1 fully saturated rings. The first kappa shape index (κ1) is 17.2. The summed E-state index contributed by atoms with van der Waals surface area (Å²) < 4.78 is 13.0. The Morgan fingerprint density at radius 2 is 2.10 bits per heavy atom. The Morgan fingerprint density at radius 3 is 2.71 bits per heavy atom. The average molecular weight is 422 g/mol. The lowest BCUT2D eigenvalue weighted by Gasteiger charge is -2.32. The van der Waals surface area contributed by atoms with Gasteiger partial charge in [-0.3, -0.25) is 4.90 Å². The summed E-state index contributed by atoms with van der Waals surface area (Å²) in [6.45, 7) is 7.87. The van der Waals surface area contributed by atoms with Crippen LogP contribution in [0.2, 0.25) is 0 Å². The molecule has 0 amide bonds. The largest absolute Gasteiger partial charge is 0.494 e. The number of ether oxygens (including phenoxy) is 2. The normalized spacial score (nSPS) is 19.7. The lowest BCUT2D eigenvalue weighted by molar-refractivity contribution is -0.0253. The summed E-state index contributed by atoms with van der Waals surface area (Å²) in [5.74, 6) is 0.827. The number of nitrogens with zero attached hydrogens (tertiary/aromatic N) is 1. The maximum absolute atomic E-state index is 5.79. The van der Waals surface area contributed by atoms with E-state index in [0.717, 1.165) is 54.0 Å². The number of benzene rings is 1. The number of methoxy groups -OCH3 is 1. The van der Waals surface area contributed by atoms with Gasteiger partial charge in [0.1, 0.15) is 5.75 Å². The molecule has 0 saturated carbocycles. The molecule has 4 nitrogen and oxygen atoms in total. The second-order valence-corrected chi connectivity index (χ2v) is 6.82. The molecule has 1 aromatic carbocycles. The van der Waals surface area contributed by atoms with Crippen LogP contribution in [0.4, 0.5) is 0 Å². The van der Waals surface area contributed by atoms with Gasteiger partial charge in [-0.1, -0.05) is 6.92 Å². The number of hydrogen-bond acceptors (Lipinski definition) is 4. The highest BCUT2D eigenvalue weighted by atomic mass is 79.9. The van der Waals surface area contributed by atoms with Crippen LogP contribution in [0, 0.1) is 0 Å². The number of rotatable bonds is 6. The van der Waals surface area contributed by atoms with Crippen LogP contribution in [0.1, 0.15) is 12.5 Å². The number of likely N-dealkylation sites (N-methyl/N-ethyl adjacent to an activating group) is 1. The molecule has 0 bridgehead atoms. The van der Waals surface area contributed by atoms with Gasteiger partial charge in [0.05, 0.1) is 28.8 Å². The number of hydrogen-bond donors (Lipinski definition) is 1. The third-order valence-electron chi connectivity index (χ3n) is 3.63. The van der Waals surface area contributed by atoms with E-state index in [-0.39, 0.29) is 6.10 Å². The molecule has 0 aromatic heterocycles. The first-order chi connectivity index (χ1) is 10.1. The van der Waals surface area contributed by atoms with E-state index in [1.807, 2.05) is 0 Å². The Bertz CT molecular complexity index is 448. The Balaban J connectivity index is 1.83. The summed E-state index contributed by atoms with van der Waals surface area (Å²) in [4.78, 5) is 2.43. The Hall–Kier alpha value is -0.140. The molecule has 1 saturated heterocycles. The van der Waals surface area contributed by atoms with Gasteiger partial charge < -0.3 is 14.8 Å². The van der Waals surface area contributed by atoms with Crippen LogP contribution in [-0.4, -0.2) is 50.9 Å². The van der Waals surface area contributed by atoms with Gasteiger partial charge in [0.2, 0.25) is 0 Å². The molecule has 118 valence electrons. The maximum Gasteiger partial charge on any atom is 0.147 e. The van der Waals surface area contributed by atoms with Crippen molar-refractivity contribution >= 4 is 31.9 Å². The molecule has 21 heavy (non-hydrogen) atoms. The summed E-state index contributed by atoms with van der Waals surface area (Å²) in [6, 6.07) is 4.16. The van der Waals surface area contributed by atoms with Gasteiger partial charge in [0, 0.05) is 26.2 Å². The van der Waals surface area contributed by atoms with Crippen molar-refractivity contribution in [2.45, 2.75) is 19.6 Å². The third-order valence-corrected chi connectivity index (χ3v) is 4.81. The minimum atomic E-state index is 0.281. The summed E-state index contributed by atoms with van der Waals surface area (Å²) >= 11 is 7.06. The minimum absolute atomic E-state index is 0.281. The smallest absolute Gasteiger partial charge is 0.147 e. The quantitative estimate of drug-likeness (QED) is 0.765. The first-order valence-electron chi connectivity index (χ1n) is 7.20. The van der Waals surface area contributed by atoms with Crippen molar-refractivity contribution in [1.29, 1.82) is 0 Å². The van der Waals surface area contributed by atoms with E-state index in [4.69, 9.17) is 9.47 Å². The fraction of sp³-hybridized carbons (Fsp3) is 0.600. The predicted octanol–water partition coefficient (Wildman–Crippen LogP) is 3.03. The molecular formula is C15H22Br2N2O2. The van der Waals surface area contributed by atoms with Crippen molar-refractivity contribution in [2.24, 2.45) is 0 Å². The number of nitrogens with one attached hydrogen (secondary N) is 1. The van der Waals surface area contributed by atoms with Crippen molar-refractivity contribution < 1.29 is 9.47 Å². The molecule has 0 spiro atoms. The molecular weight excluding hydrogens is 400 g/mol. The van der Waals surface area contributed by atoms with Gasteiger partial charge in [0.25, 0.3) is 0 Å². The second kappa shape index (κ2) is 8.48. The molecule has 2 rings (SSSR count). The molecule has 1 heterocycles. The lowest BCUT2D eigenvalue weighted by atomic mass is 10.2. The van der Waals surface area contributed by atoms with E-state index >= 15 is 0 Å². The van der Waals surface area contributed by atoms with Gasteiger partial charge in [-0.15, -0.1) is 0 Å². The summed E-state index contributed by atoms with van der Waals surface area (Å²) in [6.07, 6.45) is 0.281. The van der Waals surface area contributed by atoms with Crippen LogP contribution in [0.5, 0.6) is 5.75 Å². The van der Waals surface area contributed by atoms with Crippen LogP contribution in [0.25, 0.3) is 0 Å². The zero-order chi connectivity index (χ0) is 15.2. The van der Waals surface area contributed by atoms with Crippen molar-refractivity contribution in [3.63, 3.8) is 0 Å². The lowest BCUT2D eigenvalue weighted by Crippen LogP contribution is -2.46. The highest BCUT2D eigenvalue weighted by molar-refractivity contribution is 9.11. The van der Waals surface area contributed by atoms with Crippen molar-refractivity contribution in [1.82, 2.24) is 10.2 Å². The maximum atomic E-state index is 5.79. The molecule has 1 atom stereocenters. The van der Waals surface area contributed by atoms with E-state index < -0.39 is 0 Å². The topological polar surface area (TPSA) is 33.7 Å². The van der Waals surface area contributed by atoms with Crippen LogP contribution in [0.3, 0.4) is 0 Å². The van der Waals surface area contributed by atoms with Crippen LogP contribution in [0.15, 0.2) is 21.1 Å². The molecule has 1 aromatic rings. The molecule has 1 N–H and O–H groups in total. The van der Waals surface area contributed by atoms with Gasteiger partial charge in [-0.05, 0) is 56.1 Å². The SMILES string of the molecule is CCN1CCOC(CNCc2cc(Br)c(OC)c(Br)c2)C1. The molecule has 0 radical (unpaired) electrons. The van der Waals surface area contributed by atoms with E-state index in [2.05, 4.69) is 61.1 Å². The second-order valence-electron chi connectivity index (χ2n) is 5.11. The van der Waals surface area contributed by atoms with Gasteiger partial charge in [0.15, 0.2) is 0 Å². The zero-order valence-electron chi connectivity index (χ0n) is 12.5. The highest BCUT2D eigenvalue weighted by Gasteiger charge is 2.18. The standard InChI is InChI=1S/C15H22Br2N2O2/c1-3-19-4-5-21-12(10-19)9-18-8-11-6-13(16)15(20-2)14(17)7-11/h6-7,12,18H,3-5,8-10H2,1-2H3. The fourth-order valence-electron chi connectivity index (χ4n) is 2.48. The molecule has 1 aliphatic heterocycles. The summed E-state index contributed by atoms with van der Waals surface area (Å²) in [5.41, 5.74) is 1.21. The van der Waals surface area contributed by atoms with E-state index in [1.165, 1.54) is 5.56 Å². The van der Waals surface area contributed by atoms with Gasteiger partial charge in [-0.2, -0.15) is 0 Å². The van der Waals surface area contributed by atoms with E-state index in [9.17, 15) is 0 Å². The minimum Gasteiger partial charge on any atom is -0.494 e. The van der Waals surface area contributed by atoms with Crippen molar-refractivity contribution in [2.75, 3.05) is 39.9 Å². The fourth-order valence-corrected chi connectivity index (χ4v) is 4.08. The van der Waals surface area contributed by atoms with Crippen LogP contribution < -0.4 is 10.1 Å². The average Bonchev–Trinajstić information content (AvgIpc) is 2.47. The predicted molar refractivity (Wildman–Crippen MR) is 92.0 cm³/mol.